The van der Waals surface area contributed by atoms with Crippen LogP contribution >= 0.6 is 0 Å². The maximum Gasteiger partial charge on any atom is 1.00 e. The molecular weight excluding hydrogens is 385 g/mol. The van der Waals surface area contributed by atoms with Crippen LogP contribution in [0.2, 0.25) is 0 Å². The fourth-order valence-corrected chi connectivity index (χ4v) is 3.99. The Hall–Kier alpha value is 3.15. The maximum atomic E-state index is 2.33. The Morgan fingerprint density at radius 3 is 0.759 bits per heavy atom. The molecule has 166 valence electrons. The smallest absolute Gasteiger partial charge is 1.00 e. The zero-order valence-corrected chi connectivity index (χ0v) is 28.3. The molecule has 0 saturated carbocycles. The SMILES string of the molecule is CCCC[N+](CCCC)(CCCC)CCCC.CC[N+](CC)(CC)CC.[H-].[H-].[H-].[K+].[Li+].[Na+]. The van der Waals surface area contributed by atoms with Crippen molar-refractivity contribution in [1.82, 2.24) is 0 Å². The Morgan fingerprint density at radius 2 is 0.655 bits per heavy atom. The second-order valence-electron chi connectivity index (χ2n) is 8.26. The molecule has 29 heavy (non-hydrogen) atoms. The van der Waals surface area contributed by atoms with Crippen molar-refractivity contribution in [3.05, 3.63) is 0 Å². The molecule has 0 aromatic heterocycles. The second kappa shape index (κ2) is 29.2. The van der Waals surface area contributed by atoms with Crippen molar-refractivity contribution in [1.29, 1.82) is 0 Å². The number of rotatable bonds is 16. The average Bonchev–Trinajstić information content (AvgIpc) is 2.69. The van der Waals surface area contributed by atoms with Gasteiger partial charge >= 0.3 is 99.8 Å². The summed E-state index contributed by atoms with van der Waals surface area (Å²) in [6, 6.07) is 0. The summed E-state index contributed by atoms with van der Waals surface area (Å²) in [6.45, 7) is 29.2. The van der Waals surface area contributed by atoms with E-state index in [4.69, 9.17) is 0 Å². The Balaban J connectivity index is -0.0000000566. The van der Waals surface area contributed by atoms with E-state index in [1.807, 2.05) is 0 Å². The third-order valence-corrected chi connectivity index (χ3v) is 6.63. The molecule has 0 rings (SSSR count). The van der Waals surface area contributed by atoms with Gasteiger partial charge < -0.3 is 13.2 Å². The van der Waals surface area contributed by atoms with Gasteiger partial charge in [0.2, 0.25) is 0 Å². The number of unbranched alkanes of at least 4 members (excludes halogenated alkanes) is 4. The van der Waals surface area contributed by atoms with Crippen LogP contribution in [0.1, 0.15) is 111 Å². The maximum absolute atomic E-state index is 2.33. The van der Waals surface area contributed by atoms with Crippen molar-refractivity contribution in [2.75, 3.05) is 52.4 Å². The van der Waals surface area contributed by atoms with E-state index >= 15 is 0 Å². The van der Waals surface area contributed by atoms with E-state index in [1.54, 1.807) is 0 Å². The van der Waals surface area contributed by atoms with Gasteiger partial charge in [0.1, 0.15) is 0 Å². The van der Waals surface area contributed by atoms with E-state index in [0.29, 0.717) is 0 Å². The second-order valence-corrected chi connectivity index (χ2v) is 8.26. The van der Waals surface area contributed by atoms with Gasteiger partial charge in [-0.1, -0.05) is 53.4 Å². The molecule has 0 bridgehead atoms. The van der Waals surface area contributed by atoms with E-state index in [2.05, 4.69) is 55.4 Å². The summed E-state index contributed by atoms with van der Waals surface area (Å²) in [5, 5.41) is 0. The van der Waals surface area contributed by atoms with Crippen molar-refractivity contribution >= 4 is 0 Å². The molecule has 0 heterocycles. The summed E-state index contributed by atoms with van der Waals surface area (Å²) in [5.41, 5.74) is 0. The first-order valence-corrected chi connectivity index (χ1v) is 12.2. The van der Waals surface area contributed by atoms with Gasteiger partial charge in [0.05, 0.1) is 52.4 Å². The van der Waals surface area contributed by atoms with Gasteiger partial charge in [-0.05, 0) is 53.4 Å². The first-order valence-electron chi connectivity index (χ1n) is 12.2. The standard InChI is InChI=1S/C16H36N.C8H20N.K.Li.Na.3H/c1-5-9-13-17(14-10-6-2,15-11-7-3)16-12-8-4;1-5-9(6-2,7-3)8-4;;;;;;/h5-16H2,1-4H3;5-8H2,1-4H3;;;;;;/q5*+1;3*-1. The molecular formula is C24H59KLiN2Na+2. The number of nitrogens with zero attached hydrogens (tertiary/aromatic N) is 2. The van der Waals surface area contributed by atoms with E-state index < -0.39 is 0 Å². The molecule has 0 radical (unpaired) electrons. The zero-order valence-electron chi connectivity index (χ0n) is 26.2. The molecule has 2 nitrogen and oxygen atoms in total. The Bertz CT molecular complexity index is 249. The predicted octanol–water partition coefficient (Wildman–Crippen LogP) is -1.76. The summed E-state index contributed by atoms with van der Waals surface area (Å²) < 4.78 is 2.70. The van der Waals surface area contributed by atoms with E-state index in [-0.39, 0.29) is 104 Å². The van der Waals surface area contributed by atoms with Crippen LogP contribution < -0.4 is 99.8 Å². The quantitative estimate of drug-likeness (QED) is 0.195. The summed E-state index contributed by atoms with van der Waals surface area (Å²) in [5.74, 6) is 0. The Morgan fingerprint density at radius 1 is 0.448 bits per heavy atom. The predicted molar refractivity (Wildman–Crippen MR) is 125 cm³/mol. The third-order valence-electron chi connectivity index (χ3n) is 6.63. The Kier molecular flexibility index (Phi) is 42.6. The van der Waals surface area contributed by atoms with Crippen LogP contribution in [-0.4, -0.2) is 61.3 Å². The van der Waals surface area contributed by atoms with Gasteiger partial charge in [-0.2, -0.15) is 0 Å². The normalized spacial score (nSPS) is 10.8. The summed E-state index contributed by atoms with van der Waals surface area (Å²) >= 11 is 0. The Labute approximate surface area is 268 Å². The number of quaternary nitrogens is 2. The van der Waals surface area contributed by atoms with Crippen LogP contribution in [0.25, 0.3) is 0 Å². The molecule has 0 unspecified atom stereocenters. The van der Waals surface area contributed by atoms with Crippen LogP contribution in [-0.2, 0) is 0 Å². The number of hydrogen-bond acceptors (Lipinski definition) is 0. The van der Waals surface area contributed by atoms with Gasteiger partial charge in [0.15, 0.2) is 0 Å². The fourth-order valence-electron chi connectivity index (χ4n) is 3.99. The molecule has 0 fully saturated rings. The van der Waals surface area contributed by atoms with Gasteiger partial charge in [-0.25, -0.2) is 0 Å². The molecule has 0 aromatic rings. The minimum atomic E-state index is 0. The summed E-state index contributed by atoms with van der Waals surface area (Å²) in [7, 11) is 0. The van der Waals surface area contributed by atoms with E-state index in [1.165, 1.54) is 113 Å². The van der Waals surface area contributed by atoms with Crippen molar-refractivity contribution in [3.8, 4) is 0 Å². The van der Waals surface area contributed by atoms with Gasteiger partial charge in [0, 0.05) is 0 Å². The first kappa shape index (κ1) is 42.3. The van der Waals surface area contributed by atoms with Crippen molar-refractivity contribution in [2.24, 2.45) is 0 Å². The topological polar surface area (TPSA) is 0 Å². The van der Waals surface area contributed by atoms with Crippen molar-refractivity contribution < 1.29 is 113 Å². The number of hydrogen-bond donors (Lipinski definition) is 0. The largest absolute Gasteiger partial charge is 1.00 e. The molecule has 0 atom stereocenters. The fraction of sp³-hybridized carbons (Fsp3) is 1.00. The van der Waals surface area contributed by atoms with Crippen molar-refractivity contribution in [2.45, 2.75) is 107 Å². The molecule has 0 aliphatic heterocycles. The molecule has 0 aromatic carbocycles. The molecule has 5 heteroatoms. The van der Waals surface area contributed by atoms with Crippen LogP contribution in [0.4, 0.5) is 0 Å². The third kappa shape index (κ3) is 21.4. The molecule has 0 N–H and O–H groups in total. The molecule has 0 aliphatic rings. The summed E-state index contributed by atoms with van der Waals surface area (Å²) in [4.78, 5) is 0. The molecule has 0 aliphatic carbocycles. The first-order chi connectivity index (χ1) is 12.5. The van der Waals surface area contributed by atoms with Crippen LogP contribution in [0.15, 0.2) is 0 Å². The monoisotopic (exact) mass is 444 g/mol. The average molecular weight is 445 g/mol. The molecule has 0 amide bonds. The van der Waals surface area contributed by atoms with Crippen LogP contribution in [0.5, 0.6) is 0 Å². The molecule has 0 saturated heterocycles. The van der Waals surface area contributed by atoms with Crippen LogP contribution in [0.3, 0.4) is 0 Å². The van der Waals surface area contributed by atoms with Gasteiger partial charge in [-0.15, -0.1) is 0 Å². The van der Waals surface area contributed by atoms with Gasteiger partial charge in [-0.3, -0.25) is 0 Å². The van der Waals surface area contributed by atoms with Crippen LogP contribution in [0, 0.1) is 0 Å². The summed E-state index contributed by atoms with van der Waals surface area (Å²) in [6.07, 6.45) is 11.1. The van der Waals surface area contributed by atoms with Crippen molar-refractivity contribution in [3.63, 3.8) is 0 Å². The molecule has 0 spiro atoms. The van der Waals surface area contributed by atoms with E-state index in [0.717, 1.165) is 0 Å². The van der Waals surface area contributed by atoms with E-state index in [9.17, 15) is 0 Å². The zero-order chi connectivity index (χ0) is 20.3. The minimum Gasteiger partial charge on any atom is -1.00 e. The van der Waals surface area contributed by atoms with Gasteiger partial charge in [0.25, 0.3) is 0 Å². The minimum absolute atomic E-state index is 0.